The smallest absolute Gasteiger partial charge is 0.408 e. The summed E-state index contributed by atoms with van der Waals surface area (Å²) < 4.78 is 5.12. The Morgan fingerprint density at radius 1 is 1.17 bits per heavy atom. The maximum absolute atomic E-state index is 12.8. The SMILES string of the molecule is C#CN(C(=O)CNC(=O)OC(C)(C)C)C(C(=O)NC(C)C)c1ccc(CC)cc1. The minimum Gasteiger partial charge on any atom is -0.444 e. The van der Waals surface area contributed by atoms with Crippen LogP contribution in [0.15, 0.2) is 24.3 Å². The van der Waals surface area contributed by atoms with Crippen LogP contribution in [0.4, 0.5) is 4.79 Å². The maximum atomic E-state index is 12.8. The first-order valence-electron chi connectivity index (χ1n) is 9.62. The van der Waals surface area contributed by atoms with Gasteiger partial charge in [-0.3, -0.25) is 14.5 Å². The van der Waals surface area contributed by atoms with Crippen LogP contribution in [0.1, 0.15) is 58.7 Å². The van der Waals surface area contributed by atoms with Gasteiger partial charge in [-0.1, -0.05) is 37.6 Å². The molecule has 0 spiro atoms. The number of nitrogens with zero attached hydrogens (tertiary/aromatic N) is 1. The summed E-state index contributed by atoms with van der Waals surface area (Å²) in [4.78, 5) is 38.4. The molecule has 1 unspecified atom stereocenters. The second-order valence-corrected chi connectivity index (χ2v) is 7.91. The lowest BCUT2D eigenvalue weighted by Crippen LogP contribution is -2.46. The van der Waals surface area contributed by atoms with Gasteiger partial charge < -0.3 is 15.4 Å². The Labute approximate surface area is 173 Å². The molecule has 1 aromatic rings. The lowest BCUT2D eigenvalue weighted by atomic mass is 10.0. The van der Waals surface area contributed by atoms with Crippen LogP contribution in [0.2, 0.25) is 0 Å². The van der Waals surface area contributed by atoms with E-state index in [4.69, 9.17) is 11.2 Å². The van der Waals surface area contributed by atoms with Crippen LogP contribution in [-0.2, 0) is 20.7 Å². The number of hydrogen-bond donors (Lipinski definition) is 2. The second-order valence-electron chi connectivity index (χ2n) is 7.91. The van der Waals surface area contributed by atoms with Crippen molar-refractivity contribution in [3.63, 3.8) is 0 Å². The molecule has 1 atom stereocenters. The average molecular weight is 402 g/mol. The lowest BCUT2D eigenvalue weighted by Gasteiger charge is -2.27. The van der Waals surface area contributed by atoms with Crippen molar-refractivity contribution >= 4 is 17.9 Å². The first-order chi connectivity index (χ1) is 13.5. The van der Waals surface area contributed by atoms with Gasteiger partial charge >= 0.3 is 6.09 Å². The number of terminal acetylenes is 1. The first kappa shape index (κ1) is 24.0. The molecule has 0 fully saturated rings. The van der Waals surface area contributed by atoms with Crippen LogP contribution in [0, 0.1) is 12.5 Å². The van der Waals surface area contributed by atoms with Gasteiger partial charge in [0.15, 0.2) is 0 Å². The van der Waals surface area contributed by atoms with Crippen molar-refractivity contribution in [2.24, 2.45) is 0 Å². The van der Waals surface area contributed by atoms with Crippen LogP contribution < -0.4 is 10.6 Å². The highest BCUT2D eigenvalue weighted by atomic mass is 16.6. The number of alkyl carbamates (subject to hydrolysis) is 1. The average Bonchev–Trinajstić information content (AvgIpc) is 2.62. The molecule has 1 aromatic carbocycles. The van der Waals surface area contributed by atoms with Gasteiger partial charge in [0, 0.05) is 12.1 Å². The van der Waals surface area contributed by atoms with Crippen molar-refractivity contribution in [3.8, 4) is 12.5 Å². The molecule has 0 bridgehead atoms. The molecule has 0 saturated heterocycles. The van der Waals surface area contributed by atoms with E-state index in [-0.39, 0.29) is 6.04 Å². The van der Waals surface area contributed by atoms with Gasteiger partial charge in [-0.05, 0) is 52.2 Å². The number of carbonyl (C=O) groups excluding carboxylic acids is 3. The van der Waals surface area contributed by atoms with E-state index in [0.717, 1.165) is 16.9 Å². The minimum atomic E-state index is -1.01. The first-order valence-corrected chi connectivity index (χ1v) is 9.62. The monoisotopic (exact) mass is 401 g/mol. The summed E-state index contributed by atoms with van der Waals surface area (Å²) in [6, 6.07) is 8.49. The van der Waals surface area contributed by atoms with E-state index in [1.165, 1.54) is 0 Å². The number of hydrogen-bond acceptors (Lipinski definition) is 4. The third-order valence-corrected chi connectivity index (χ3v) is 3.83. The van der Waals surface area contributed by atoms with Gasteiger partial charge in [-0.25, -0.2) is 4.79 Å². The quantitative estimate of drug-likeness (QED) is 0.543. The molecule has 0 aliphatic rings. The molecular weight excluding hydrogens is 370 g/mol. The molecule has 0 aromatic heterocycles. The van der Waals surface area contributed by atoms with E-state index in [9.17, 15) is 14.4 Å². The molecule has 0 saturated carbocycles. The van der Waals surface area contributed by atoms with Crippen molar-refractivity contribution in [2.75, 3.05) is 6.54 Å². The molecule has 0 aliphatic carbocycles. The molecule has 2 N–H and O–H groups in total. The molecule has 0 heterocycles. The number of carbonyl (C=O) groups is 3. The van der Waals surface area contributed by atoms with Crippen molar-refractivity contribution in [3.05, 3.63) is 35.4 Å². The fourth-order valence-electron chi connectivity index (χ4n) is 2.55. The summed E-state index contributed by atoms with van der Waals surface area (Å²) in [5.74, 6) is -0.991. The Hall–Kier alpha value is -3.01. The van der Waals surface area contributed by atoms with Crippen LogP contribution in [0.3, 0.4) is 0 Å². The molecule has 3 amide bonds. The van der Waals surface area contributed by atoms with E-state index in [1.807, 2.05) is 32.9 Å². The Bertz CT molecular complexity index is 758. The predicted molar refractivity (Wildman–Crippen MR) is 112 cm³/mol. The van der Waals surface area contributed by atoms with Crippen molar-refractivity contribution in [1.29, 1.82) is 0 Å². The van der Waals surface area contributed by atoms with Crippen molar-refractivity contribution in [1.82, 2.24) is 15.5 Å². The number of rotatable bonds is 7. The highest BCUT2D eigenvalue weighted by molar-refractivity contribution is 5.91. The normalized spacial score (nSPS) is 11.9. The van der Waals surface area contributed by atoms with E-state index in [1.54, 1.807) is 32.9 Å². The molecule has 158 valence electrons. The van der Waals surface area contributed by atoms with E-state index < -0.39 is 36.1 Å². The van der Waals surface area contributed by atoms with E-state index in [0.29, 0.717) is 5.56 Å². The summed E-state index contributed by atoms with van der Waals surface area (Å²) in [6.07, 6.45) is 5.69. The lowest BCUT2D eigenvalue weighted by molar-refractivity contribution is -0.136. The summed E-state index contributed by atoms with van der Waals surface area (Å²) >= 11 is 0. The third-order valence-electron chi connectivity index (χ3n) is 3.83. The number of aryl methyl sites for hydroxylation is 1. The molecule has 0 aliphatic heterocycles. The molecule has 29 heavy (non-hydrogen) atoms. The van der Waals surface area contributed by atoms with Crippen LogP contribution >= 0.6 is 0 Å². The fourth-order valence-corrected chi connectivity index (χ4v) is 2.55. The van der Waals surface area contributed by atoms with Gasteiger partial charge in [0.2, 0.25) is 5.91 Å². The second kappa shape index (κ2) is 10.5. The zero-order valence-corrected chi connectivity index (χ0v) is 18.0. The van der Waals surface area contributed by atoms with E-state index in [2.05, 4.69) is 16.7 Å². The summed E-state index contributed by atoms with van der Waals surface area (Å²) in [5.41, 5.74) is 0.991. The van der Waals surface area contributed by atoms with Gasteiger partial charge in [0.25, 0.3) is 5.91 Å². The predicted octanol–water partition coefficient (Wildman–Crippen LogP) is 2.76. The Morgan fingerprint density at radius 3 is 2.21 bits per heavy atom. The molecule has 7 nitrogen and oxygen atoms in total. The number of ether oxygens (including phenoxy) is 1. The fraction of sp³-hybridized carbons (Fsp3) is 0.500. The Morgan fingerprint density at radius 2 is 1.76 bits per heavy atom. The van der Waals surface area contributed by atoms with Gasteiger partial charge in [0.05, 0.1) is 0 Å². The standard InChI is InChI=1S/C22H31N3O4/c1-8-16-10-12-17(13-11-16)19(20(27)24-15(3)4)25(9-2)18(26)14-23-21(28)29-22(5,6)7/h2,10-13,15,19H,8,14H2,1,3-7H3,(H,23,28)(H,24,27). The number of benzene rings is 1. The zero-order valence-electron chi connectivity index (χ0n) is 18.0. The van der Waals surface area contributed by atoms with Crippen LogP contribution in [-0.4, -0.2) is 41.0 Å². The van der Waals surface area contributed by atoms with Gasteiger partial charge in [0.1, 0.15) is 18.2 Å². The third kappa shape index (κ3) is 7.86. The summed E-state index contributed by atoms with van der Waals surface area (Å²) in [7, 11) is 0. The zero-order chi connectivity index (χ0) is 22.2. The largest absolute Gasteiger partial charge is 0.444 e. The van der Waals surface area contributed by atoms with E-state index >= 15 is 0 Å². The summed E-state index contributed by atoms with van der Waals surface area (Å²) in [5, 5.41) is 5.17. The Balaban J connectivity index is 3.06. The van der Waals surface area contributed by atoms with Gasteiger partial charge in [-0.15, -0.1) is 0 Å². The molecule has 0 radical (unpaired) electrons. The maximum Gasteiger partial charge on any atom is 0.408 e. The Kier molecular flexibility index (Phi) is 8.71. The van der Waals surface area contributed by atoms with Crippen LogP contribution in [0.5, 0.6) is 0 Å². The highest BCUT2D eigenvalue weighted by Gasteiger charge is 2.31. The number of nitrogens with one attached hydrogen (secondary N) is 2. The van der Waals surface area contributed by atoms with Crippen molar-refractivity contribution in [2.45, 2.75) is 65.6 Å². The summed E-state index contributed by atoms with van der Waals surface area (Å²) in [6.45, 7) is 10.4. The van der Waals surface area contributed by atoms with Crippen LogP contribution in [0.25, 0.3) is 0 Å². The van der Waals surface area contributed by atoms with Gasteiger partial charge in [-0.2, -0.15) is 0 Å². The molecule has 7 heteroatoms. The molecule has 1 rings (SSSR count). The highest BCUT2D eigenvalue weighted by Crippen LogP contribution is 2.22. The number of amides is 3. The molecular formula is C22H31N3O4. The minimum absolute atomic E-state index is 0.130. The topological polar surface area (TPSA) is 87.7 Å². The van der Waals surface area contributed by atoms with Crippen molar-refractivity contribution < 1.29 is 19.1 Å².